The third-order valence-corrected chi connectivity index (χ3v) is 7.23. The molecule has 6 rings (SSSR count). The fourth-order valence-corrected chi connectivity index (χ4v) is 5.09. The molecule has 1 aliphatic rings. The summed E-state index contributed by atoms with van der Waals surface area (Å²) in [6.45, 7) is 1.68. The van der Waals surface area contributed by atoms with Crippen LogP contribution in [0.4, 0.5) is 14.5 Å². The Morgan fingerprint density at radius 1 is 1.07 bits per heavy atom. The minimum absolute atomic E-state index is 0.0389. The lowest BCUT2D eigenvalue weighted by atomic mass is 10.1. The number of aromatic nitrogens is 4. The number of carbonyl (C=O) groups is 2. The van der Waals surface area contributed by atoms with Gasteiger partial charge in [0.25, 0.3) is 11.5 Å². The first kappa shape index (κ1) is 28.8. The lowest BCUT2D eigenvalue weighted by Crippen LogP contribution is -2.37. The van der Waals surface area contributed by atoms with Gasteiger partial charge < -0.3 is 24.7 Å². The number of halogens is 3. The number of amides is 2. The molecule has 2 aromatic heterocycles. The van der Waals surface area contributed by atoms with Crippen LogP contribution in [0.1, 0.15) is 22.8 Å². The van der Waals surface area contributed by atoms with Gasteiger partial charge in [-0.3, -0.25) is 14.4 Å². The van der Waals surface area contributed by atoms with Gasteiger partial charge in [-0.15, -0.1) is 8.78 Å². The Balaban J connectivity index is 1.27. The molecule has 224 valence electrons. The van der Waals surface area contributed by atoms with E-state index in [9.17, 15) is 23.2 Å². The molecule has 3 aromatic carbocycles. The van der Waals surface area contributed by atoms with Crippen molar-refractivity contribution in [1.29, 1.82) is 0 Å². The van der Waals surface area contributed by atoms with Crippen LogP contribution >= 0.6 is 11.6 Å². The van der Waals surface area contributed by atoms with Crippen molar-refractivity contribution in [3.8, 4) is 22.8 Å². The van der Waals surface area contributed by atoms with Gasteiger partial charge >= 0.3 is 6.29 Å². The smallest absolute Gasteiger partial charge is 0.395 e. The molecule has 44 heavy (non-hydrogen) atoms. The largest absolute Gasteiger partial charge is 0.586 e. The highest BCUT2D eigenvalue weighted by Crippen LogP contribution is 2.43. The minimum Gasteiger partial charge on any atom is -0.395 e. The number of alkyl halides is 2. The number of ether oxygens (including phenoxy) is 2. The molecule has 0 bridgehead atoms. The Kier molecular flexibility index (Phi) is 7.47. The van der Waals surface area contributed by atoms with Crippen molar-refractivity contribution in [2.24, 2.45) is 0 Å². The number of benzene rings is 3. The molecule has 2 amide bonds. The molecular formula is C30H23ClF2N6O5. The number of anilines is 1. The van der Waals surface area contributed by atoms with Crippen molar-refractivity contribution in [3.63, 3.8) is 0 Å². The number of aromatic amines is 1. The highest BCUT2D eigenvalue weighted by Gasteiger charge is 2.43. The van der Waals surface area contributed by atoms with Crippen LogP contribution in [-0.2, 0) is 17.9 Å². The zero-order valence-electron chi connectivity index (χ0n) is 23.0. The Morgan fingerprint density at radius 2 is 1.84 bits per heavy atom. The van der Waals surface area contributed by atoms with Crippen LogP contribution in [0.2, 0.25) is 5.02 Å². The van der Waals surface area contributed by atoms with Crippen LogP contribution in [0.25, 0.3) is 22.3 Å². The number of imidazole rings is 1. The summed E-state index contributed by atoms with van der Waals surface area (Å²) in [7, 11) is 0. The summed E-state index contributed by atoms with van der Waals surface area (Å²) < 4.78 is 36.9. The highest BCUT2D eigenvalue weighted by atomic mass is 35.5. The monoisotopic (exact) mass is 620 g/mol. The lowest BCUT2D eigenvalue weighted by molar-refractivity contribution is -0.286. The van der Waals surface area contributed by atoms with Gasteiger partial charge in [0.05, 0.1) is 22.4 Å². The first-order chi connectivity index (χ1) is 21.1. The van der Waals surface area contributed by atoms with Gasteiger partial charge in [0.1, 0.15) is 12.2 Å². The van der Waals surface area contributed by atoms with Crippen LogP contribution in [0.3, 0.4) is 0 Å². The summed E-state index contributed by atoms with van der Waals surface area (Å²) in [6.07, 6.45) is -2.47. The molecule has 11 nitrogen and oxygen atoms in total. The van der Waals surface area contributed by atoms with E-state index in [1.807, 2.05) is 30.3 Å². The zero-order chi connectivity index (χ0) is 31.0. The average Bonchev–Trinajstić information content (AvgIpc) is 3.61. The van der Waals surface area contributed by atoms with E-state index in [0.29, 0.717) is 17.6 Å². The number of hydrogen-bond donors (Lipinski definition) is 2. The highest BCUT2D eigenvalue weighted by molar-refractivity contribution is 6.34. The zero-order valence-corrected chi connectivity index (χ0v) is 23.8. The maximum Gasteiger partial charge on any atom is 0.586 e. The van der Waals surface area contributed by atoms with E-state index >= 15 is 0 Å². The maximum absolute atomic E-state index is 13.5. The predicted octanol–water partition coefficient (Wildman–Crippen LogP) is 4.74. The molecule has 1 aliphatic heterocycles. The van der Waals surface area contributed by atoms with Crippen molar-refractivity contribution in [3.05, 3.63) is 99.6 Å². The topological polar surface area (TPSA) is 131 Å². The number of carbonyl (C=O) groups excluding carboxylic acids is 2. The van der Waals surface area contributed by atoms with Gasteiger partial charge in [-0.25, -0.2) is 9.67 Å². The molecule has 0 aliphatic carbocycles. The van der Waals surface area contributed by atoms with E-state index in [2.05, 4.69) is 29.9 Å². The van der Waals surface area contributed by atoms with Crippen molar-refractivity contribution in [2.45, 2.75) is 26.3 Å². The summed E-state index contributed by atoms with van der Waals surface area (Å²) in [5.41, 5.74) is 1.92. The maximum atomic E-state index is 13.5. The molecule has 5 aromatic rings. The molecule has 0 fully saturated rings. The Hall–Kier alpha value is -5.30. The quantitative estimate of drug-likeness (QED) is 0.256. The second-order valence-electron chi connectivity index (χ2n) is 9.74. The fourth-order valence-electron chi connectivity index (χ4n) is 4.83. The van der Waals surface area contributed by atoms with Crippen LogP contribution in [0, 0.1) is 0 Å². The first-order valence-corrected chi connectivity index (χ1v) is 13.8. The molecule has 2 N–H and O–H groups in total. The van der Waals surface area contributed by atoms with Crippen LogP contribution in [0.5, 0.6) is 11.5 Å². The van der Waals surface area contributed by atoms with Crippen molar-refractivity contribution in [1.82, 2.24) is 25.1 Å². The number of likely N-dealkylation sites (N-methyl/N-ethyl adjacent to an activating group) is 1. The second kappa shape index (κ2) is 11.4. The Labute approximate surface area is 253 Å². The third-order valence-electron chi connectivity index (χ3n) is 6.92. The number of rotatable bonds is 8. The Morgan fingerprint density at radius 3 is 2.59 bits per heavy atom. The summed E-state index contributed by atoms with van der Waals surface area (Å²) in [5, 5.41) is 7.43. The number of nitrogens with zero attached hydrogens (tertiary/aromatic N) is 4. The molecule has 0 saturated heterocycles. The van der Waals surface area contributed by atoms with Gasteiger partial charge in [0.2, 0.25) is 5.91 Å². The normalized spacial score (nSPS) is 13.2. The summed E-state index contributed by atoms with van der Waals surface area (Å²) >= 11 is 6.51. The summed E-state index contributed by atoms with van der Waals surface area (Å²) in [5.74, 6) is -1.29. The second-order valence-corrected chi connectivity index (χ2v) is 10.1. The lowest BCUT2D eigenvalue weighted by Gasteiger charge is -2.21. The van der Waals surface area contributed by atoms with Crippen molar-refractivity contribution in [2.75, 3.05) is 11.4 Å². The molecular weight excluding hydrogens is 598 g/mol. The molecule has 0 unspecified atom stereocenters. The Bertz CT molecular complexity index is 1960. The molecule has 0 radical (unpaired) electrons. The van der Waals surface area contributed by atoms with Gasteiger partial charge in [0, 0.05) is 30.4 Å². The van der Waals surface area contributed by atoms with E-state index in [0.717, 1.165) is 10.2 Å². The van der Waals surface area contributed by atoms with E-state index in [4.69, 9.17) is 11.6 Å². The van der Waals surface area contributed by atoms with E-state index in [1.165, 1.54) is 29.4 Å². The number of nitrogens with one attached hydrogen (secondary N) is 2. The van der Waals surface area contributed by atoms with Crippen LogP contribution in [0.15, 0.2) is 77.9 Å². The fraction of sp³-hybridized carbons (Fsp3) is 0.167. The summed E-state index contributed by atoms with van der Waals surface area (Å²) in [4.78, 5) is 47.8. The third kappa shape index (κ3) is 5.56. The number of hydrogen-bond acceptors (Lipinski definition) is 7. The number of H-pyrrole nitrogens is 1. The molecule has 3 heterocycles. The van der Waals surface area contributed by atoms with Crippen LogP contribution in [-0.4, -0.2) is 44.4 Å². The van der Waals surface area contributed by atoms with E-state index < -0.39 is 24.3 Å². The first-order valence-electron chi connectivity index (χ1n) is 13.4. The molecule has 14 heteroatoms. The minimum atomic E-state index is -3.80. The molecule has 0 atom stereocenters. The van der Waals surface area contributed by atoms with Gasteiger partial charge in [-0.2, -0.15) is 5.10 Å². The number of fused-ring (bicyclic) bond motifs is 2. The van der Waals surface area contributed by atoms with Gasteiger partial charge in [0.15, 0.2) is 17.0 Å². The standard InChI is InChI=1S/C30H23ClF2N6O5/c1-2-38(19-9-11-22-23(13-19)44-30(32,33)43-22)24(40)15-39-29(42)27-26(35-16-36-27)25(37-39)18-8-10-20(21(31)12-18)28(41)34-14-17-6-4-3-5-7-17/h3-13,16H,2,14-15H2,1H3,(H,34,41)(H,35,36). The predicted molar refractivity (Wildman–Crippen MR) is 157 cm³/mol. The average molecular weight is 621 g/mol. The van der Waals surface area contributed by atoms with E-state index in [-0.39, 0.29) is 51.4 Å². The molecule has 0 saturated carbocycles. The van der Waals surface area contributed by atoms with Gasteiger partial charge in [-0.05, 0) is 36.8 Å². The summed E-state index contributed by atoms with van der Waals surface area (Å²) in [6, 6.07) is 18.1. The van der Waals surface area contributed by atoms with Gasteiger partial charge in [-0.1, -0.05) is 48.0 Å². The van der Waals surface area contributed by atoms with Crippen LogP contribution < -0.4 is 25.2 Å². The van der Waals surface area contributed by atoms with Crippen molar-refractivity contribution < 1.29 is 27.8 Å². The van der Waals surface area contributed by atoms with E-state index in [1.54, 1.807) is 25.1 Å². The molecule has 0 spiro atoms. The SMILES string of the molecule is CCN(C(=O)Cn1nc(-c2ccc(C(=O)NCc3ccccc3)c(Cl)c2)c2[nH]cnc2c1=O)c1ccc2c(c1)OC(F)(F)O2. The van der Waals surface area contributed by atoms with Crippen molar-refractivity contribution >= 4 is 40.1 Å².